The van der Waals surface area contributed by atoms with Crippen LogP contribution in [0.4, 0.5) is 0 Å². The summed E-state index contributed by atoms with van der Waals surface area (Å²) in [5, 5.41) is 19.5. The molecule has 0 saturated heterocycles. The number of aliphatic hydroxyl groups excluding tert-OH is 2. The molecule has 2 rings (SSSR count). The van der Waals surface area contributed by atoms with Gasteiger partial charge in [0.1, 0.15) is 47.4 Å². The van der Waals surface area contributed by atoms with Crippen molar-refractivity contribution in [3.63, 3.8) is 0 Å². The highest BCUT2D eigenvalue weighted by atomic mass is 33.1. The van der Waals surface area contributed by atoms with Crippen LogP contribution in [0.25, 0.3) is 0 Å². The van der Waals surface area contributed by atoms with Gasteiger partial charge in [-0.15, -0.1) is 0 Å². The molecule has 2 aromatic heterocycles. The third kappa shape index (κ3) is 31.0. The third-order valence-corrected chi connectivity index (χ3v) is 16.7. The smallest absolute Gasteiger partial charge is 0.309 e. The van der Waals surface area contributed by atoms with Crippen LogP contribution in [0.15, 0.2) is 58.8 Å². The molecule has 0 aliphatic heterocycles. The highest BCUT2D eigenvalue weighted by Crippen LogP contribution is 2.31. The molecule has 5 unspecified atom stereocenters. The van der Waals surface area contributed by atoms with Crippen LogP contribution in [-0.2, 0) is 47.7 Å². The summed E-state index contributed by atoms with van der Waals surface area (Å²) in [6.45, 7) is 13.1. The maximum Gasteiger partial charge on any atom is 0.309 e. The lowest BCUT2D eigenvalue weighted by Crippen LogP contribution is -2.30. The van der Waals surface area contributed by atoms with Crippen molar-refractivity contribution in [2.24, 2.45) is 29.6 Å². The van der Waals surface area contributed by atoms with Gasteiger partial charge in [0.05, 0.1) is 42.8 Å². The van der Waals surface area contributed by atoms with Crippen LogP contribution in [-0.4, -0.2) is 136 Å². The number of thiocarbonyl (C=S) groups is 1. The molecule has 0 aromatic carbocycles. The summed E-state index contributed by atoms with van der Waals surface area (Å²) in [6, 6.07) is 11.4. The van der Waals surface area contributed by atoms with Gasteiger partial charge in [0.15, 0.2) is 0 Å². The number of aromatic nitrogens is 2. The predicted octanol–water partition coefficient (Wildman–Crippen LogP) is 9.98. The first-order valence-corrected chi connectivity index (χ1v) is 29.3. The molecule has 2 N–H and O–H groups in total. The van der Waals surface area contributed by atoms with E-state index < -0.39 is 35.7 Å². The van der Waals surface area contributed by atoms with E-state index in [-0.39, 0.29) is 83.7 Å². The molecule has 5 atom stereocenters. The molecule has 0 bridgehead atoms. The van der Waals surface area contributed by atoms with E-state index in [0.717, 1.165) is 27.5 Å². The zero-order valence-electron chi connectivity index (χ0n) is 42.7. The standard InChI is InChI=1S/C27H42N2O7S5.C17H25NO5S2.2CH4.H2/c1-5-21(25(32)34-13-12-30)19-22(26(33)36-15-17-39-41-27(37)29(6-2)7-3)18-20(4)24(31)35-14-16-38-40-23-10-8-9-11-28-23;1-3-14(17(21)22-9-8-19)12-13(2)16(20)23-10-11-24-25-15-6-4-5-7-18-15;;;/h8-11,20-22,30H,5-7,12-19H2,1-4H3;4-7,13-14,19H,3,8-12H2,1-2H3;2*1H4;1H/i;;1T;;1+1D. The van der Waals surface area contributed by atoms with Gasteiger partial charge in [0, 0.05) is 47.1 Å². The lowest BCUT2D eigenvalue weighted by molar-refractivity contribution is -0.156. The van der Waals surface area contributed by atoms with Crippen molar-refractivity contribution in [1.29, 1.82) is 0 Å². The molecule has 22 heteroatoms. The first-order valence-electron chi connectivity index (χ1n) is 23.9. The zero-order valence-corrected chi connectivity index (χ0v) is 45.4. The number of esters is 5. The maximum absolute atomic E-state index is 13.1. The molecule has 0 aliphatic rings. The first kappa shape index (κ1) is 63.6. The number of carbonyl (C=O) groups excluding carboxylic acids is 5. The number of aliphatic hydroxyl groups is 2. The molecule has 2 heterocycles. The van der Waals surface area contributed by atoms with Crippen molar-refractivity contribution >= 4 is 111 Å². The minimum Gasteiger partial charge on any atom is -0.465 e. The molecule has 0 radical (unpaired) electrons. The van der Waals surface area contributed by atoms with E-state index in [1.54, 1.807) is 37.0 Å². The molecule has 15 nitrogen and oxygen atoms in total. The average Bonchev–Trinajstić information content (AvgIpc) is 3.39. The number of carbonyl (C=O) groups is 5. The topological polar surface area (TPSA) is 201 Å². The second-order valence-electron chi connectivity index (χ2n) is 14.2. The largest absolute Gasteiger partial charge is 0.465 e. The molecule has 2 aromatic rings. The molecule has 0 saturated carbocycles. The molecule has 390 valence electrons. The molecule has 68 heavy (non-hydrogen) atoms. The molecule has 0 spiro atoms. The summed E-state index contributed by atoms with van der Waals surface area (Å²) in [4.78, 5) is 72.6. The Morgan fingerprint density at radius 2 is 1.01 bits per heavy atom. The SMILES string of the molecule is C.CCC(CC(C)C(=O)OCCSSc1ccccn1)C(=O)OCCO.CCC(CC(CC(C)C(=O)OCCSSc1ccccn1)C(=O)OCCSSC(=S)N(CC)CC)C(=O)OCCO.[2H][2H].[3H]C. The number of ether oxygens (including phenoxy) is 5. The number of nitrogens with zero attached hydrogens (tertiary/aromatic N) is 3. The lowest BCUT2D eigenvalue weighted by atomic mass is 9.86. The molecule has 0 fully saturated rings. The number of hydrogen-bond donors (Lipinski definition) is 2. The summed E-state index contributed by atoms with van der Waals surface area (Å²) in [6.07, 6.45) is 5.25. The van der Waals surface area contributed by atoms with Crippen LogP contribution in [0, 0.1) is 29.6 Å². The van der Waals surface area contributed by atoms with Crippen molar-refractivity contribution in [2.75, 3.05) is 76.6 Å². The van der Waals surface area contributed by atoms with Crippen molar-refractivity contribution in [3.05, 3.63) is 48.8 Å². The fourth-order valence-electron chi connectivity index (χ4n) is 5.62. The van der Waals surface area contributed by atoms with Gasteiger partial charge >= 0.3 is 29.8 Å². The van der Waals surface area contributed by atoms with E-state index in [1.165, 1.54) is 61.4 Å². The zero-order chi connectivity index (χ0) is 53.0. The summed E-state index contributed by atoms with van der Waals surface area (Å²) in [5.74, 6) is -2.77. The van der Waals surface area contributed by atoms with E-state index >= 15 is 0 Å². The van der Waals surface area contributed by atoms with Crippen molar-refractivity contribution in [2.45, 2.75) is 98.5 Å². The average molecular weight is 1090 g/mol. The lowest BCUT2D eigenvalue weighted by Gasteiger charge is -2.23. The molecular formula is C46H77N3O12S7. The van der Waals surface area contributed by atoms with Gasteiger partial charge in [-0.05, 0) is 103 Å². The van der Waals surface area contributed by atoms with Gasteiger partial charge < -0.3 is 38.8 Å². The molecule has 0 aliphatic carbocycles. The fourth-order valence-corrected chi connectivity index (χ4v) is 11.5. The summed E-state index contributed by atoms with van der Waals surface area (Å²) in [7, 11) is 10.4. The summed E-state index contributed by atoms with van der Waals surface area (Å²) in [5.41, 5.74) is 0. The van der Waals surface area contributed by atoms with Crippen molar-refractivity contribution in [3.8, 4) is 0 Å². The summed E-state index contributed by atoms with van der Waals surface area (Å²) >= 11 is 5.42. The Hall–Kier alpha value is -2.44. The van der Waals surface area contributed by atoms with Crippen LogP contribution < -0.4 is 0 Å². The summed E-state index contributed by atoms with van der Waals surface area (Å²) < 4.78 is 42.8. The number of rotatable bonds is 33. The molecular weight excluding hydrogens is 1010 g/mol. The highest BCUT2D eigenvalue weighted by molar-refractivity contribution is 8.83. The Kier molecular flexibility index (Phi) is 40.5. The Morgan fingerprint density at radius 3 is 1.41 bits per heavy atom. The predicted molar refractivity (Wildman–Crippen MR) is 288 cm³/mol. The maximum atomic E-state index is 13.1. The Morgan fingerprint density at radius 1 is 0.632 bits per heavy atom. The van der Waals surface area contributed by atoms with Gasteiger partial charge in [-0.3, -0.25) is 24.0 Å². The van der Waals surface area contributed by atoms with Gasteiger partial charge in [0.25, 0.3) is 0 Å². The first-order chi connectivity index (χ1) is 33.8. The van der Waals surface area contributed by atoms with E-state index in [1.807, 2.05) is 64.1 Å². The van der Waals surface area contributed by atoms with E-state index in [2.05, 4.69) is 14.9 Å². The highest BCUT2D eigenvalue weighted by Gasteiger charge is 2.32. The van der Waals surface area contributed by atoms with Crippen LogP contribution in [0.3, 0.4) is 0 Å². The minimum atomic E-state index is -0.687. The van der Waals surface area contributed by atoms with Gasteiger partial charge in [-0.2, -0.15) is 0 Å². The van der Waals surface area contributed by atoms with Crippen LogP contribution >= 0.6 is 77.0 Å². The van der Waals surface area contributed by atoms with Gasteiger partial charge in [-0.1, -0.05) is 99.3 Å². The Labute approximate surface area is 439 Å². The monoisotopic (exact) mass is 1090 g/mol. The Balaban J connectivity index is -0.00000132. The van der Waals surface area contributed by atoms with Crippen molar-refractivity contribution in [1.82, 2.24) is 14.9 Å². The minimum absolute atomic E-state index is 0. The van der Waals surface area contributed by atoms with E-state index in [0.29, 0.717) is 43.1 Å². The second-order valence-corrected chi connectivity index (χ2v) is 22.1. The number of pyridine rings is 2. The fraction of sp³-hybridized carbons (Fsp3) is 0.652. The van der Waals surface area contributed by atoms with Crippen LogP contribution in [0.5, 0.6) is 0 Å². The quantitative estimate of drug-likeness (QED) is 0.0225. The molecule has 0 amide bonds. The van der Waals surface area contributed by atoms with Crippen LogP contribution in [0.2, 0.25) is 0 Å². The number of hydrogen-bond acceptors (Lipinski definition) is 21. The van der Waals surface area contributed by atoms with Gasteiger partial charge in [0.2, 0.25) is 0 Å². The van der Waals surface area contributed by atoms with Gasteiger partial charge in [-0.25, -0.2) is 9.97 Å². The Bertz CT molecular complexity index is 1670. The van der Waals surface area contributed by atoms with E-state index in [9.17, 15) is 24.0 Å². The van der Waals surface area contributed by atoms with E-state index in [4.69, 9.17) is 50.5 Å². The third-order valence-electron chi connectivity index (χ3n) is 9.26. The van der Waals surface area contributed by atoms with Crippen LogP contribution in [0.1, 0.15) is 92.8 Å². The second kappa shape index (κ2) is 43.4. The van der Waals surface area contributed by atoms with Crippen molar-refractivity contribution < 1.29 is 62.2 Å². The normalized spacial score (nSPS) is 12.9.